The van der Waals surface area contributed by atoms with Gasteiger partial charge >= 0.3 is 0 Å². The topological polar surface area (TPSA) is 60.2 Å². The number of hydrogen-bond donors (Lipinski definition) is 1. The zero-order valence-corrected chi connectivity index (χ0v) is 9.80. The molecular weight excluding hydrogens is 210 g/mol. The van der Waals surface area contributed by atoms with Crippen molar-refractivity contribution in [2.45, 2.75) is 38.1 Å². The summed E-state index contributed by atoms with van der Waals surface area (Å²) in [5, 5.41) is 0. The average Bonchev–Trinajstić information content (AvgIpc) is 2.59. The van der Waals surface area contributed by atoms with E-state index in [1.807, 2.05) is 0 Å². The highest BCUT2D eigenvalue weighted by Gasteiger charge is 2.33. The van der Waals surface area contributed by atoms with Crippen LogP contribution in [0.3, 0.4) is 0 Å². The number of allylic oxidation sites excluding steroid dienone is 1. The molecule has 2 aliphatic rings. The van der Waals surface area contributed by atoms with Crippen molar-refractivity contribution in [3.8, 4) is 0 Å². The summed E-state index contributed by atoms with van der Waals surface area (Å²) in [5.74, 6) is 0.795. The van der Waals surface area contributed by atoms with E-state index in [4.69, 9.17) is 5.73 Å². The molecule has 0 spiro atoms. The van der Waals surface area contributed by atoms with Gasteiger partial charge < -0.3 is 5.73 Å². The van der Waals surface area contributed by atoms with E-state index in [1.165, 1.54) is 18.4 Å². The summed E-state index contributed by atoms with van der Waals surface area (Å²) in [6.45, 7) is 0. The first-order valence-electron chi connectivity index (χ1n) is 5.73. The third-order valence-electron chi connectivity index (χ3n) is 3.53. The van der Waals surface area contributed by atoms with Crippen molar-refractivity contribution >= 4 is 9.84 Å². The quantitative estimate of drug-likeness (QED) is 0.725. The predicted molar refractivity (Wildman–Crippen MR) is 61.3 cm³/mol. The van der Waals surface area contributed by atoms with E-state index < -0.39 is 9.84 Å². The first kappa shape index (κ1) is 11.1. The minimum absolute atomic E-state index is 0.0115. The number of rotatable bonds is 2. The van der Waals surface area contributed by atoms with E-state index in [0.717, 1.165) is 19.3 Å². The highest BCUT2D eigenvalue weighted by molar-refractivity contribution is 7.91. The molecule has 2 atom stereocenters. The molecule has 1 saturated heterocycles. The molecule has 15 heavy (non-hydrogen) atoms. The molecule has 2 N–H and O–H groups in total. The molecule has 2 rings (SSSR count). The Bertz CT molecular complexity index is 359. The van der Waals surface area contributed by atoms with Crippen LogP contribution in [-0.2, 0) is 9.84 Å². The van der Waals surface area contributed by atoms with Crippen LogP contribution in [-0.4, -0.2) is 26.0 Å². The van der Waals surface area contributed by atoms with Gasteiger partial charge in [-0.25, -0.2) is 8.42 Å². The highest BCUT2D eigenvalue weighted by Crippen LogP contribution is 2.28. The molecule has 1 heterocycles. The van der Waals surface area contributed by atoms with Crippen LogP contribution in [0.4, 0.5) is 0 Å². The molecule has 0 aromatic rings. The lowest BCUT2D eigenvalue weighted by atomic mass is 9.87. The van der Waals surface area contributed by atoms with Gasteiger partial charge in [-0.15, -0.1) is 0 Å². The molecule has 0 aromatic carbocycles. The van der Waals surface area contributed by atoms with Crippen molar-refractivity contribution in [3.63, 3.8) is 0 Å². The minimum atomic E-state index is -2.79. The van der Waals surface area contributed by atoms with Crippen molar-refractivity contribution in [3.05, 3.63) is 11.6 Å². The van der Waals surface area contributed by atoms with Gasteiger partial charge in [-0.2, -0.15) is 0 Å². The SMILES string of the molecule is NC(C1=CCCCC1)C1CCS(=O)(=O)C1. The van der Waals surface area contributed by atoms with Crippen LogP contribution in [0.5, 0.6) is 0 Å². The average molecular weight is 229 g/mol. The summed E-state index contributed by atoms with van der Waals surface area (Å²) in [4.78, 5) is 0. The van der Waals surface area contributed by atoms with Gasteiger partial charge in [0, 0.05) is 6.04 Å². The maximum atomic E-state index is 11.4. The minimum Gasteiger partial charge on any atom is -0.324 e. The molecule has 1 fully saturated rings. The van der Waals surface area contributed by atoms with Crippen molar-refractivity contribution in [1.29, 1.82) is 0 Å². The van der Waals surface area contributed by atoms with Gasteiger partial charge in [0.25, 0.3) is 0 Å². The lowest BCUT2D eigenvalue weighted by Crippen LogP contribution is -2.33. The second kappa shape index (κ2) is 4.26. The van der Waals surface area contributed by atoms with Crippen LogP contribution < -0.4 is 5.73 Å². The fraction of sp³-hybridized carbons (Fsp3) is 0.818. The third-order valence-corrected chi connectivity index (χ3v) is 5.32. The standard InChI is InChI=1S/C11H19NO2S/c12-11(9-4-2-1-3-5-9)10-6-7-15(13,14)8-10/h4,10-11H,1-3,5-8,12H2. The van der Waals surface area contributed by atoms with Gasteiger partial charge in [0.15, 0.2) is 9.84 Å². The summed E-state index contributed by atoms with van der Waals surface area (Å²) >= 11 is 0. The van der Waals surface area contributed by atoms with Crippen molar-refractivity contribution < 1.29 is 8.42 Å². The van der Waals surface area contributed by atoms with Gasteiger partial charge in [-0.3, -0.25) is 0 Å². The van der Waals surface area contributed by atoms with Crippen LogP contribution in [0.15, 0.2) is 11.6 Å². The van der Waals surface area contributed by atoms with E-state index >= 15 is 0 Å². The smallest absolute Gasteiger partial charge is 0.150 e. The maximum absolute atomic E-state index is 11.4. The second-order valence-electron chi connectivity index (χ2n) is 4.71. The number of nitrogens with two attached hydrogens (primary N) is 1. The Labute approximate surface area is 91.7 Å². The van der Waals surface area contributed by atoms with Crippen molar-refractivity contribution in [2.75, 3.05) is 11.5 Å². The summed E-state index contributed by atoms with van der Waals surface area (Å²) in [5.41, 5.74) is 7.44. The Balaban J connectivity index is 2.02. The monoisotopic (exact) mass is 229 g/mol. The molecule has 0 radical (unpaired) electrons. The lowest BCUT2D eigenvalue weighted by Gasteiger charge is -2.23. The molecule has 2 unspecified atom stereocenters. The summed E-state index contributed by atoms with van der Waals surface area (Å²) in [6.07, 6.45) is 7.61. The molecule has 1 aliphatic carbocycles. The van der Waals surface area contributed by atoms with E-state index in [0.29, 0.717) is 11.5 Å². The van der Waals surface area contributed by atoms with Crippen LogP contribution >= 0.6 is 0 Å². The molecule has 4 heteroatoms. The second-order valence-corrected chi connectivity index (χ2v) is 6.94. The van der Waals surface area contributed by atoms with Gasteiger partial charge in [0.05, 0.1) is 11.5 Å². The number of sulfone groups is 1. The third kappa shape index (κ3) is 2.61. The van der Waals surface area contributed by atoms with Crippen molar-refractivity contribution in [1.82, 2.24) is 0 Å². The van der Waals surface area contributed by atoms with Gasteiger partial charge in [-0.1, -0.05) is 11.6 Å². The fourth-order valence-corrected chi connectivity index (χ4v) is 4.43. The van der Waals surface area contributed by atoms with Crippen molar-refractivity contribution in [2.24, 2.45) is 11.7 Å². The Morgan fingerprint density at radius 1 is 1.40 bits per heavy atom. The predicted octanol–water partition coefficient (Wildman–Crippen LogP) is 1.25. The van der Waals surface area contributed by atoms with E-state index in [9.17, 15) is 8.42 Å². The largest absolute Gasteiger partial charge is 0.324 e. The van der Waals surface area contributed by atoms with Gasteiger partial charge in [0.2, 0.25) is 0 Å². The molecule has 0 amide bonds. The zero-order chi connectivity index (χ0) is 10.9. The zero-order valence-electron chi connectivity index (χ0n) is 8.98. The van der Waals surface area contributed by atoms with E-state index in [1.54, 1.807) is 0 Å². The molecular formula is C11H19NO2S. The maximum Gasteiger partial charge on any atom is 0.150 e. The lowest BCUT2D eigenvalue weighted by molar-refractivity contribution is 0.485. The van der Waals surface area contributed by atoms with Gasteiger partial charge in [-0.05, 0) is 38.0 Å². The number of hydrogen-bond acceptors (Lipinski definition) is 3. The first-order chi connectivity index (χ1) is 7.08. The highest BCUT2D eigenvalue weighted by atomic mass is 32.2. The first-order valence-corrected chi connectivity index (χ1v) is 7.55. The normalized spacial score (nSPS) is 32.3. The van der Waals surface area contributed by atoms with Crippen LogP contribution in [0.1, 0.15) is 32.1 Å². The summed E-state index contributed by atoms with van der Waals surface area (Å²) in [7, 11) is -2.79. The van der Waals surface area contributed by atoms with E-state index in [2.05, 4.69) is 6.08 Å². The van der Waals surface area contributed by atoms with Crippen LogP contribution in [0.2, 0.25) is 0 Å². The molecule has 3 nitrogen and oxygen atoms in total. The molecule has 1 aliphatic heterocycles. The Kier molecular flexibility index (Phi) is 3.16. The Hall–Kier alpha value is -0.350. The molecule has 0 aromatic heterocycles. The summed E-state index contributed by atoms with van der Waals surface area (Å²) in [6, 6.07) is -0.0115. The molecule has 0 saturated carbocycles. The summed E-state index contributed by atoms with van der Waals surface area (Å²) < 4.78 is 22.7. The van der Waals surface area contributed by atoms with Crippen LogP contribution in [0, 0.1) is 5.92 Å². The fourth-order valence-electron chi connectivity index (χ4n) is 2.58. The van der Waals surface area contributed by atoms with Gasteiger partial charge in [0.1, 0.15) is 0 Å². The van der Waals surface area contributed by atoms with Crippen LogP contribution in [0.25, 0.3) is 0 Å². The van der Waals surface area contributed by atoms with E-state index in [-0.39, 0.29) is 12.0 Å². The molecule has 0 bridgehead atoms. The molecule has 86 valence electrons. The Morgan fingerprint density at radius 3 is 2.73 bits per heavy atom. The Morgan fingerprint density at radius 2 is 2.20 bits per heavy atom.